The van der Waals surface area contributed by atoms with Gasteiger partial charge >= 0.3 is 0 Å². The predicted molar refractivity (Wildman–Crippen MR) is 113 cm³/mol. The molecule has 158 valence electrons. The van der Waals surface area contributed by atoms with Crippen molar-refractivity contribution in [3.05, 3.63) is 30.3 Å². The average molecular weight is 400 g/mol. The molecule has 3 fully saturated rings. The number of carbonyl (C=O) groups is 2. The quantitative estimate of drug-likeness (QED) is 0.764. The Kier molecular flexibility index (Phi) is 6.09. The van der Waals surface area contributed by atoms with E-state index in [1.165, 1.54) is 0 Å². The molecule has 2 amide bonds. The summed E-state index contributed by atoms with van der Waals surface area (Å²) in [4.78, 5) is 31.3. The van der Waals surface area contributed by atoms with Gasteiger partial charge in [0.15, 0.2) is 0 Å². The van der Waals surface area contributed by atoms with Crippen molar-refractivity contribution in [2.24, 2.45) is 5.41 Å². The number of para-hydroxylation sites is 1. The van der Waals surface area contributed by atoms with Crippen LogP contribution in [0, 0.1) is 5.41 Å². The van der Waals surface area contributed by atoms with Crippen molar-refractivity contribution in [1.29, 1.82) is 0 Å². The van der Waals surface area contributed by atoms with E-state index >= 15 is 0 Å². The maximum atomic E-state index is 12.8. The van der Waals surface area contributed by atoms with E-state index in [1.807, 2.05) is 52.1 Å². The Morgan fingerprint density at radius 2 is 1.97 bits per heavy atom. The number of likely N-dealkylation sites (N-methyl/N-ethyl adjacent to an activating group) is 1. The van der Waals surface area contributed by atoms with Gasteiger partial charge in [-0.2, -0.15) is 0 Å². The summed E-state index contributed by atoms with van der Waals surface area (Å²) in [5.74, 6) is 0.461. The Balaban J connectivity index is 1.29. The highest BCUT2D eigenvalue weighted by Gasteiger charge is 2.42. The fourth-order valence-corrected chi connectivity index (χ4v) is 5.02. The van der Waals surface area contributed by atoms with E-state index in [0.717, 1.165) is 70.6 Å². The number of nitrogens with zero attached hydrogens (tertiary/aromatic N) is 3. The molecule has 6 nitrogen and oxygen atoms in total. The summed E-state index contributed by atoms with van der Waals surface area (Å²) in [7, 11) is 1.97. The number of hydrogen-bond acceptors (Lipinski definition) is 4. The third kappa shape index (κ3) is 4.74. The molecule has 3 saturated heterocycles. The zero-order valence-corrected chi connectivity index (χ0v) is 17.5. The van der Waals surface area contributed by atoms with Crippen LogP contribution >= 0.6 is 0 Å². The van der Waals surface area contributed by atoms with Crippen LogP contribution in [0.15, 0.2) is 30.3 Å². The fourth-order valence-electron chi connectivity index (χ4n) is 5.02. The molecule has 0 saturated carbocycles. The Hall–Kier alpha value is -2.08. The van der Waals surface area contributed by atoms with Crippen LogP contribution < -0.4 is 4.90 Å². The van der Waals surface area contributed by atoms with Gasteiger partial charge in [-0.25, -0.2) is 0 Å². The zero-order chi connectivity index (χ0) is 20.3. The number of benzene rings is 1. The lowest BCUT2D eigenvalue weighted by Gasteiger charge is -2.48. The van der Waals surface area contributed by atoms with E-state index in [2.05, 4.69) is 0 Å². The SMILES string of the molecule is CN(CC(=O)N1CCC2(CCC(=O)N(C[C@@H]3CCCO3)C2)CC1)c1ccccc1. The van der Waals surface area contributed by atoms with Crippen LogP contribution in [0.25, 0.3) is 0 Å². The van der Waals surface area contributed by atoms with Gasteiger partial charge < -0.3 is 19.4 Å². The minimum atomic E-state index is 0.175. The molecule has 0 N–H and O–H groups in total. The lowest BCUT2D eigenvalue weighted by atomic mass is 9.72. The summed E-state index contributed by atoms with van der Waals surface area (Å²) in [6.45, 7) is 4.39. The molecule has 1 spiro atoms. The fraction of sp³-hybridized carbons (Fsp3) is 0.652. The van der Waals surface area contributed by atoms with Crippen LogP contribution in [0.4, 0.5) is 5.69 Å². The van der Waals surface area contributed by atoms with E-state index in [-0.39, 0.29) is 23.3 Å². The minimum absolute atomic E-state index is 0.175. The maximum Gasteiger partial charge on any atom is 0.242 e. The van der Waals surface area contributed by atoms with Gasteiger partial charge in [0.2, 0.25) is 11.8 Å². The number of carbonyl (C=O) groups excluding carboxylic acids is 2. The molecule has 29 heavy (non-hydrogen) atoms. The zero-order valence-electron chi connectivity index (χ0n) is 17.5. The molecule has 0 bridgehead atoms. The van der Waals surface area contributed by atoms with Crippen molar-refractivity contribution in [2.45, 2.75) is 44.6 Å². The molecule has 0 aliphatic carbocycles. The first kappa shape index (κ1) is 20.2. The Labute approximate surface area is 173 Å². The number of piperidine rings is 2. The largest absolute Gasteiger partial charge is 0.376 e. The molecule has 0 radical (unpaired) electrons. The van der Waals surface area contributed by atoms with E-state index in [4.69, 9.17) is 4.74 Å². The van der Waals surface area contributed by atoms with E-state index in [0.29, 0.717) is 13.0 Å². The van der Waals surface area contributed by atoms with Gasteiger partial charge in [0.1, 0.15) is 0 Å². The van der Waals surface area contributed by atoms with Crippen LogP contribution in [0.1, 0.15) is 38.5 Å². The van der Waals surface area contributed by atoms with Crippen molar-refractivity contribution < 1.29 is 14.3 Å². The molecule has 3 aliphatic heterocycles. The molecule has 3 heterocycles. The lowest BCUT2D eigenvalue weighted by molar-refractivity contribution is -0.143. The van der Waals surface area contributed by atoms with Crippen molar-refractivity contribution in [1.82, 2.24) is 9.80 Å². The summed E-state index contributed by atoms with van der Waals surface area (Å²) >= 11 is 0. The van der Waals surface area contributed by atoms with Crippen LogP contribution in [0.3, 0.4) is 0 Å². The smallest absolute Gasteiger partial charge is 0.242 e. The van der Waals surface area contributed by atoms with Crippen LogP contribution in [-0.4, -0.2) is 74.1 Å². The van der Waals surface area contributed by atoms with Crippen molar-refractivity contribution in [3.63, 3.8) is 0 Å². The van der Waals surface area contributed by atoms with Gasteiger partial charge in [-0.15, -0.1) is 0 Å². The van der Waals surface area contributed by atoms with Crippen molar-refractivity contribution >= 4 is 17.5 Å². The lowest BCUT2D eigenvalue weighted by Crippen LogP contribution is -2.54. The summed E-state index contributed by atoms with van der Waals surface area (Å²) in [5.41, 5.74) is 1.24. The summed E-state index contributed by atoms with van der Waals surface area (Å²) in [5, 5.41) is 0. The average Bonchev–Trinajstić information content (AvgIpc) is 3.25. The third-order valence-corrected chi connectivity index (χ3v) is 6.94. The van der Waals surface area contributed by atoms with Gasteiger partial charge in [0.05, 0.1) is 12.6 Å². The molecule has 6 heteroatoms. The van der Waals surface area contributed by atoms with Gasteiger partial charge in [-0.05, 0) is 49.7 Å². The van der Waals surface area contributed by atoms with E-state index in [1.54, 1.807) is 0 Å². The highest BCUT2D eigenvalue weighted by Crippen LogP contribution is 2.40. The van der Waals surface area contributed by atoms with Gasteiger partial charge in [-0.3, -0.25) is 9.59 Å². The highest BCUT2D eigenvalue weighted by molar-refractivity contribution is 5.81. The number of anilines is 1. The second-order valence-electron chi connectivity index (χ2n) is 8.98. The van der Waals surface area contributed by atoms with Crippen LogP contribution in [0.5, 0.6) is 0 Å². The summed E-state index contributed by atoms with van der Waals surface area (Å²) < 4.78 is 5.75. The van der Waals surface area contributed by atoms with E-state index < -0.39 is 0 Å². The second-order valence-corrected chi connectivity index (χ2v) is 8.98. The molecule has 0 aromatic heterocycles. The summed E-state index contributed by atoms with van der Waals surface area (Å²) in [6.07, 6.45) is 5.95. The molecular formula is C23H33N3O3. The number of ether oxygens (including phenoxy) is 1. The number of likely N-dealkylation sites (tertiary alicyclic amines) is 2. The first-order valence-corrected chi connectivity index (χ1v) is 11.0. The highest BCUT2D eigenvalue weighted by atomic mass is 16.5. The summed E-state index contributed by atoms with van der Waals surface area (Å²) in [6, 6.07) is 10.0. The molecular weight excluding hydrogens is 366 g/mol. The first-order valence-electron chi connectivity index (χ1n) is 11.0. The Morgan fingerprint density at radius 1 is 1.21 bits per heavy atom. The second kappa shape index (κ2) is 8.74. The minimum Gasteiger partial charge on any atom is -0.376 e. The standard InChI is InChI=1S/C23H33N3O3/c1-24(19-6-3-2-4-7-19)17-22(28)25-13-11-23(12-14-25)10-9-21(27)26(18-23)16-20-8-5-15-29-20/h2-4,6-7,20H,5,8-18H2,1H3/t20-/m0/s1. The monoisotopic (exact) mass is 399 g/mol. The first-order chi connectivity index (χ1) is 14.0. The Morgan fingerprint density at radius 3 is 2.66 bits per heavy atom. The topological polar surface area (TPSA) is 53.1 Å². The van der Waals surface area contributed by atoms with Crippen molar-refractivity contribution in [2.75, 3.05) is 51.3 Å². The molecule has 0 unspecified atom stereocenters. The van der Waals surface area contributed by atoms with Crippen molar-refractivity contribution in [3.8, 4) is 0 Å². The van der Waals surface area contributed by atoms with Crippen LogP contribution in [-0.2, 0) is 14.3 Å². The predicted octanol–water partition coefficient (Wildman–Crippen LogP) is 2.53. The number of rotatable bonds is 5. The van der Waals surface area contributed by atoms with Gasteiger partial charge in [-0.1, -0.05) is 18.2 Å². The molecule has 3 aliphatic rings. The maximum absolute atomic E-state index is 12.8. The molecule has 1 atom stereocenters. The molecule has 4 rings (SSSR count). The third-order valence-electron chi connectivity index (χ3n) is 6.94. The normalized spacial score (nSPS) is 24.2. The van der Waals surface area contributed by atoms with E-state index in [9.17, 15) is 9.59 Å². The number of amides is 2. The molecule has 1 aromatic rings. The number of hydrogen-bond donors (Lipinski definition) is 0. The molecule has 1 aromatic carbocycles. The van der Waals surface area contributed by atoms with Gasteiger partial charge in [0.25, 0.3) is 0 Å². The van der Waals surface area contributed by atoms with Crippen LogP contribution in [0.2, 0.25) is 0 Å². The van der Waals surface area contributed by atoms with Gasteiger partial charge in [0, 0.05) is 51.9 Å². The Bertz CT molecular complexity index is 709.